The first-order chi connectivity index (χ1) is 13.9. The van der Waals surface area contributed by atoms with Gasteiger partial charge in [-0.2, -0.15) is 0 Å². The maximum atomic E-state index is 10.4. The highest BCUT2D eigenvalue weighted by Gasteiger charge is 2.17. The van der Waals surface area contributed by atoms with Crippen LogP contribution in [0.15, 0.2) is 53.4 Å². The molecule has 2 N–H and O–H groups in total. The normalized spacial score (nSPS) is 15.1. The number of morpholine rings is 1. The Morgan fingerprint density at radius 3 is 2.07 bits per heavy atom. The van der Waals surface area contributed by atoms with Crippen LogP contribution in [-0.4, -0.2) is 65.7 Å². The molecule has 2 aromatic rings. The van der Waals surface area contributed by atoms with E-state index in [4.69, 9.17) is 14.9 Å². The Morgan fingerprint density at radius 2 is 1.59 bits per heavy atom. The molecule has 156 valence electrons. The Kier molecular flexibility index (Phi) is 9.18. The molecule has 6 nitrogen and oxygen atoms in total. The summed E-state index contributed by atoms with van der Waals surface area (Å²) >= 11 is 1.80. The second-order valence-electron chi connectivity index (χ2n) is 6.74. The highest BCUT2D eigenvalue weighted by molar-refractivity contribution is 7.98. The number of carbonyl (C=O) groups is 2. The number of nitrogens with zero attached hydrogens (tertiary/aromatic N) is 1. The minimum Gasteiger partial charge on any atom is -0.478 e. The van der Waals surface area contributed by atoms with Crippen LogP contribution in [-0.2, 0) is 11.2 Å². The lowest BCUT2D eigenvalue weighted by Gasteiger charge is -2.32. The van der Waals surface area contributed by atoms with Gasteiger partial charge in [0.05, 0.1) is 24.3 Å². The van der Waals surface area contributed by atoms with Crippen LogP contribution >= 0.6 is 11.8 Å². The van der Waals surface area contributed by atoms with Crippen molar-refractivity contribution in [1.29, 1.82) is 0 Å². The summed E-state index contributed by atoms with van der Waals surface area (Å²) < 4.78 is 5.39. The Balaban J connectivity index is 0.000000221. The molecular weight excluding hydrogens is 390 g/mol. The van der Waals surface area contributed by atoms with Gasteiger partial charge in [-0.3, -0.25) is 4.90 Å². The zero-order valence-corrected chi connectivity index (χ0v) is 17.5. The molecule has 29 heavy (non-hydrogen) atoms. The molecule has 0 amide bonds. The average Bonchev–Trinajstić information content (AvgIpc) is 2.75. The molecule has 1 fully saturated rings. The molecule has 1 saturated heterocycles. The van der Waals surface area contributed by atoms with Gasteiger partial charge < -0.3 is 14.9 Å². The standard InChI is InChI=1S/C14H21NOS.C8H6O4/c1-12(15-7-9-16-10-8-15)11-13-3-5-14(17-2)6-4-13;9-7(10)5-2-1-3-6(4-5)8(11)12/h3-6,12H,7-11H2,1-2H3;1-4H,(H,9,10)(H,11,12). The predicted molar refractivity (Wildman–Crippen MR) is 114 cm³/mol. The van der Waals surface area contributed by atoms with Crippen molar-refractivity contribution >= 4 is 23.7 Å². The van der Waals surface area contributed by atoms with Crippen molar-refractivity contribution < 1.29 is 24.5 Å². The summed E-state index contributed by atoms with van der Waals surface area (Å²) in [4.78, 5) is 24.6. The molecular formula is C22H27NO5S. The van der Waals surface area contributed by atoms with Crippen LogP contribution in [0.1, 0.15) is 33.2 Å². The minimum absolute atomic E-state index is 0.0186. The lowest BCUT2D eigenvalue weighted by atomic mass is 10.1. The van der Waals surface area contributed by atoms with E-state index in [1.165, 1.54) is 28.7 Å². The van der Waals surface area contributed by atoms with Crippen LogP contribution in [0.3, 0.4) is 0 Å². The Hall–Kier alpha value is -2.35. The number of benzene rings is 2. The SMILES string of the molecule is CSc1ccc(CC(C)N2CCOCC2)cc1.O=C(O)c1cccc(C(=O)O)c1. The van der Waals surface area contributed by atoms with E-state index in [2.05, 4.69) is 42.3 Å². The van der Waals surface area contributed by atoms with Gasteiger partial charge in [-0.1, -0.05) is 18.2 Å². The Labute approximate surface area is 175 Å². The molecule has 0 spiro atoms. The third-order valence-electron chi connectivity index (χ3n) is 4.72. The van der Waals surface area contributed by atoms with Gasteiger partial charge in [0, 0.05) is 24.0 Å². The summed E-state index contributed by atoms with van der Waals surface area (Å²) in [5.41, 5.74) is 1.39. The van der Waals surface area contributed by atoms with E-state index in [1.54, 1.807) is 11.8 Å². The van der Waals surface area contributed by atoms with Crippen LogP contribution in [0.4, 0.5) is 0 Å². The lowest BCUT2D eigenvalue weighted by molar-refractivity contribution is 0.0203. The molecule has 1 unspecified atom stereocenters. The molecule has 3 rings (SSSR count). The second kappa shape index (κ2) is 11.6. The largest absolute Gasteiger partial charge is 0.478 e. The summed E-state index contributed by atoms with van der Waals surface area (Å²) in [6.07, 6.45) is 3.25. The van der Waals surface area contributed by atoms with E-state index in [0.717, 1.165) is 38.8 Å². The maximum absolute atomic E-state index is 10.4. The number of aromatic carboxylic acids is 2. The number of rotatable bonds is 6. The van der Waals surface area contributed by atoms with Gasteiger partial charge in [0.2, 0.25) is 0 Å². The number of carboxylic acids is 2. The fourth-order valence-electron chi connectivity index (χ4n) is 3.04. The third kappa shape index (κ3) is 7.53. The summed E-state index contributed by atoms with van der Waals surface area (Å²) in [5, 5.41) is 17.0. The number of ether oxygens (including phenoxy) is 1. The monoisotopic (exact) mass is 417 g/mol. The van der Waals surface area contributed by atoms with Crippen LogP contribution in [0.25, 0.3) is 0 Å². The predicted octanol–water partition coefficient (Wildman–Crippen LogP) is 3.75. The van der Waals surface area contributed by atoms with Crippen molar-refractivity contribution in [3.8, 4) is 0 Å². The van der Waals surface area contributed by atoms with Crippen LogP contribution < -0.4 is 0 Å². The molecule has 0 aromatic heterocycles. The number of carboxylic acid groups (broad SMARTS) is 2. The zero-order valence-electron chi connectivity index (χ0n) is 16.7. The molecule has 1 aliphatic rings. The van der Waals surface area contributed by atoms with Crippen LogP contribution in [0.2, 0.25) is 0 Å². The van der Waals surface area contributed by atoms with Crippen molar-refractivity contribution in [2.45, 2.75) is 24.3 Å². The fourth-order valence-corrected chi connectivity index (χ4v) is 3.44. The highest BCUT2D eigenvalue weighted by atomic mass is 32.2. The molecule has 0 saturated carbocycles. The van der Waals surface area contributed by atoms with E-state index in [-0.39, 0.29) is 11.1 Å². The van der Waals surface area contributed by atoms with Crippen molar-refractivity contribution in [3.05, 3.63) is 65.2 Å². The van der Waals surface area contributed by atoms with Crippen molar-refractivity contribution in [1.82, 2.24) is 4.90 Å². The van der Waals surface area contributed by atoms with E-state index in [0.29, 0.717) is 6.04 Å². The molecule has 1 aliphatic heterocycles. The molecule has 0 bridgehead atoms. The third-order valence-corrected chi connectivity index (χ3v) is 5.46. The van der Waals surface area contributed by atoms with Crippen molar-refractivity contribution in [2.75, 3.05) is 32.6 Å². The first kappa shape index (κ1) is 22.9. The Morgan fingerprint density at radius 1 is 1.03 bits per heavy atom. The number of thioether (sulfide) groups is 1. The number of hydrogen-bond donors (Lipinski definition) is 2. The minimum atomic E-state index is -1.13. The summed E-state index contributed by atoms with van der Waals surface area (Å²) in [5.74, 6) is -2.25. The fraction of sp³-hybridized carbons (Fsp3) is 0.364. The zero-order chi connectivity index (χ0) is 21.2. The lowest BCUT2D eigenvalue weighted by Crippen LogP contribution is -2.43. The van der Waals surface area contributed by atoms with Crippen molar-refractivity contribution in [2.24, 2.45) is 0 Å². The topological polar surface area (TPSA) is 87.1 Å². The van der Waals surface area contributed by atoms with E-state index < -0.39 is 11.9 Å². The molecule has 0 aliphatic carbocycles. The van der Waals surface area contributed by atoms with E-state index in [9.17, 15) is 9.59 Å². The summed E-state index contributed by atoms with van der Waals surface area (Å²) in [6, 6.07) is 14.7. The Bertz CT molecular complexity index is 774. The quantitative estimate of drug-likeness (QED) is 0.692. The maximum Gasteiger partial charge on any atom is 0.335 e. The summed E-state index contributed by atoms with van der Waals surface area (Å²) in [7, 11) is 0. The smallest absolute Gasteiger partial charge is 0.335 e. The molecule has 7 heteroatoms. The first-order valence-corrected chi connectivity index (χ1v) is 10.6. The number of hydrogen-bond acceptors (Lipinski definition) is 5. The summed E-state index contributed by atoms with van der Waals surface area (Å²) in [6.45, 7) is 6.23. The average molecular weight is 418 g/mol. The second-order valence-corrected chi connectivity index (χ2v) is 7.62. The van der Waals surface area contributed by atoms with Crippen LogP contribution in [0, 0.1) is 0 Å². The highest BCUT2D eigenvalue weighted by Crippen LogP contribution is 2.17. The van der Waals surface area contributed by atoms with E-state index >= 15 is 0 Å². The van der Waals surface area contributed by atoms with Gasteiger partial charge in [0.1, 0.15) is 0 Å². The van der Waals surface area contributed by atoms with Gasteiger partial charge in [-0.05, 0) is 55.5 Å². The van der Waals surface area contributed by atoms with Gasteiger partial charge in [0.15, 0.2) is 0 Å². The van der Waals surface area contributed by atoms with Gasteiger partial charge in [0.25, 0.3) is 0 Å². The molecule has 2 aromatic carbocycles. The van der Waals surface area contributed by atoms with E-state index in [1.807, 2.05) is 0 Å². The molecule has 0 radical (unpaired) electrons. The van der Waals surface area contributed by atoms with Gasteiger partial charge >= 0.3 is 11.9 Å². The first-order valence-electron chi connectivity index (χ1n) is 9.42. The van der Waals surface area contributed by atoms with Crippen LogP contribution in [0.5, 0.6) is 0 Å². The molecule has 1 heterocycles. The van der Waals surface area contributed by atoms with Gasteiger partial charge in [-0.25, -0.2) is 9.59 Å². The molecule has 1 atom stereocenters. The van der Waals surface area contributed by atoms with Gasteiger partial charge in [-0.15, -0.1) is 11.8 Å². The van der Waals surface area contributed by atoms with Crippen molar-refractivity contribution in [3.63, 3.8) is 0 Å².